The van der Waals surface area contributed by atoms with Gasteiger partial charge in [-0.25, -0.2) is 4.79 Å². The lowest BCUT2D eigenvalue weighted by molar-refractivity contribution is 0.176. The monoisotopic (exact) mass is 285 g/mol. The molecule has 88 valence electrons. The average Bonchev–Trinajstić information content (AvgIpc) is 2.24. The maximum absolute atomic E-state index is 11.2. The molecule has 4 radical (unpaired) electrons. The molecule has 0 spiro atoms. The summed E-state index contributed by atoms with van der Waals surface area (Å²) in [5.74, 6) is 5.36. The normalized spacial score (nSPS) is 8.35. The molecule has 3 nitrogen and oxygen atoms in total. The lowest BCUT2D eigenvalue weighted by Crippen LogP contribution is -2.13. The molecule has 0 aliphatic carbocycles. The number of alkyl halides is 1. The summed E-state index contributed by atoms with van der Waals surface area (Å²) in [6, 6.07) is 6.76. The Hall–Kier alpha value is -1.15. The number of anilines is 1. The number of amides is 1. The van der Waals surface area contributed by atoms with Crippen LogP contribution >= 0.6 is 23.2 Å². The van der Waals surface area contributed by atoms with Crippen LogP contribution in [0.3, 0.4) is 0 Å². The molecule has 17 heavy (non-hydrogen) atoms. The van der Waals surface area contributed by atoms with Crippen molar-refractivity contribution in [1.82, 2.24) is 0 Å². The molecule has 0 fully saturated rings. The fraction of sp³-hybridized carbons (Fsp3) is 0.182. The molecular weight excluding hydrogens is 277 g/mol. The summed E-state index contributed by atoms with van der Waals surface area (Å²) < 4.78 is 4.76. The van der Waals surface area contributed by atoms with Crippen LogP contribution in [0.25, 0.3) is 0 Å². The highest BCUT2D eigenvalue weighted by Crippen LogP contribution is 2.14. The quantitative estimate of drug-likeness (QED) is 0.516. The minimum absolute atomic E-state index is 0. The van der Waals surface area contributed by atoms with Gasteiger partial charge < -0.3 is 4.74 Å². The highest BCUT2D eigenvalue weighted by atomic mass is 35.5. The fourth-order valence-corrected chi connectivity index (χ4v) is 1.20. The summed E-state index contributed by atoms with van der Waals surface area (Å²) >= 11 is 11.1. The molecule has 1 rings (SSSR count). The van der Waals surface area contributed by atoms with E-state index in [-0.39, 0.29) is 23.5 Å². The summed E-state index contributed by atoms with van der Waals surface area (Å²) in [6.45, 7) is 0.0130. The van der Waals surface area contributed by atoms with Gasteiger partial charge in [0.2, 0.25) is 0 Å². The summed E-state index contributed by atoms with van der Waals surface area (Å²) in [4.78, 5) is 11.2. The van der Waals surface area contributed by atoms with Crippen molar-refractivity contribution in [3.05, 3.63) is 29.3 Å². The van der Waals surface area contributed by atoms with Crippen molar-refractivity contribution in [3.8, 4) is 11.8 Å². The second-order valence-corrected chi connectivity index (χ2v) is 3.40. The van der Waals surface area contributed by atoms with Crippen molar-refractivity contribution >= 4 is 45.9 Å². The number of carbonyl (C=O) groups is 1. The van der Waals surface area contributed by atoms with Crippen LogP contribution in [0.4, 0.5) is 10.5 Å². The molecule has 0 aliphatic rings. The highest BCUT2D eigenvalue weighted by Gasteiger charge is 2.01. The Balaban J connectivity index is 0.00000256. The Morgan fingerprint density at radius 3 is 2.82 bits per heavy atom. The number of benzene rings is 1. The second kappa shape index (κ2) is 8.94. The topological polar surface area (TPSA) is 38.3 Å². The van der Waals surface area contributed by atoms with Crippen LogP contribution in [0.15, 0.2) is 24.3 Å². The molecule has 0 atom stereocenters. The van der Waals surface area contributed by atoms with E-state index in [1.165, 1.54) is 0 Å². The Bertz CT molecular complexity index is 429. The third kappa shape index (κ3) is 6.90. The second-order valence-electron chi connectivity index (χ2n) is 2.70. The average molecular weight is 286 g/mol. The first-order valence-corrected chi connectivity index (χ1v) is 5.34. The molecule has 0 aromatic heterocycles. The van der Waals surface area contributed by atoms with E-state index >= 15 is 0 Å². The minimum atomic E-state index is -0.578. The smallest absolute Gasteiger partial charge is 0.412 e. The van der Waals surface area contributed by atoms with E-state index in [0.29, 0.717) is 10.7 Å². The van der Waals surface area contributed by atoms with Gasteiger partial charge in [-0.05, 0) is 18.2 Å². The molecule has 0 saturated heterocycles. The molecule has 0 aliphatic heterocycles. The number of hydrogen-bond donors (Lipinski definition) is 1. The number of ether oxygens (including phenoxy) is 1. The van der Waals surface area contributed by atoms with Crippen molar-refractivity contribution in [3.63, 3.8) is 0 Å². The van der Waals surface area contributed by atoms with Crippen LogP contribution in [0, 0.1) is 11.8 Å². The van der Waals surface area contributed by atoms with Gasteiger partial charge in [-0.1, -0.05) is 29.5 Å². The van der Waals surface area contributed by atoms with Crippen LogP contribution in [-0.4, -0.2) is 29.5 Å². The number of halogens is 2. The maximum atomic E-state index is 11.2. The van der Waals surface area contributed by atoms with Crippen molar-refractivity contribution in [2.24, 2.45) is 0 Å². The van der Waals surface area contributed by atoms with Gasteiger partial charge in [0.25, 0.3) is 0 Å². The van der Waals surface area contributed by atoms with Gasteiger partial charge in [-0.2, -0.15) is 0 Å². The minimum Gasteiger partial charge on any atom is -0.436 e. The predicted octanol–water partition coefficient (Wildman–Crippen LogP) is 2.75. The third-order valence-corrected chi connectivity index (χ3v) is 1.91. The number of carbonyl (C=O) groups excluding carboxylic acids is 1. The van der Waals surface area contributed by atoms with Gasteiger partial charge in [-0.3, -0.25) is 5.32 Å². The molecule has 0 saturated carbocycles. The molecule has 6 heteroatoms. The Morgan fingerprint density at radius 2 is 2.18 bits per heavy atom. The third-order valence-electron chi connectivity index (χ3n) is 1.54. The number of nitrogens with one attached hydrogen (secondary N) is 1. The van der Waals surface area contributed by atoms with Crippen molar-refractivity contribution < 1.29 is 9.53 Å². The molecule has 1 aromatic rings. The molecule has 0 unspecified atom stereocenters. The van der Waals surface area contributed by atoms with Gasteiger partial charge >= 0.3 is 6.09 Å². The van der Waals surface area contributed by atoms with Crippen LogP contribution in [-0.2, 0) is 4.74 Å². The molecule has 1 N–H and O–H groups in total. The molecule has 1 aromatic carbocycles. The zero-order valence-corrected chi connectivity index (χ0v) is 11.3. The Kier molecular flexibility index (Phi) is 8.33. The van der Waals surface area contributed by atoms with Crippen LogP contribution in [0.1, 0.15) is 0 Å². The van der Waals surface area contributed by atoms with E-state index < -0.39 is 6.09 Å². The molecule has 0 bridgehead atoms. The standard InChI is InChI=1S/C11H9Cl2NO2.Si/c12-6-1-2-7-16-11(15)14-10-5-3-4-9(13)8-10;/h3-5,8H,6-7H2,(H,14,15);. The van der Waals surface area contributed by atoms with E-state index in [4.69, 9.17) is 27.9 Å². The van der Waals surface area contributed by atoms with E-state index in [2.05, 4.69) is 17.2 Å². The largest absolute Gasteiger partial charge is 0.436 e. The first-order valence-electron chi connectivity index (χ1n) is 4.43. The van der Waals surface area contributed by atoms with E-state index in [1.54, 1.807) is 24.3 Å². The molecular formula is C11H9Cl2NO2Si. The van der Waals surface area contributed by atoms with Crippen molar-refractivity contribution in [1.29, 1.82) is 0 Å². The number of rotatable bonds is 2. The zero-order chi connectivity index (χ0) is 11.8. The van der Waals surface area contributed by atoms with Gasteiger partial charge in [0.15, 0.2) is 6.61 Å². The van der Waals surface area contributed by atoms with Crippen LogP contribution in [0.5, 0.6) is 0 Å². The van der Waals surface area contributed by atoms with E-state index in [9.17, 15) is 4.79 Å². The van der Waals surface area contributed by atoms with Gasteiger partial charge in [0.1, 0.15) is 0 Å². The molecule has 0 heterocycles. The SMILES string of the molecule is O=C(Nc1cccc(Cl)c1)OCC#CCCl.[Si]. The maximum Gasteiger partial charge on any atom is 0.412 e. The van der Waals surface area contributed by atoms with E-state index in [1.807, 2.05) is 0 Å². The summed E-state index contributed by atoms with van der Waals surface area (Å²) in [7, 11) is 0. The highest BCUT2D eigenvalue weighted by molar-refractivity contribution is 6.30. The summed E-state index contributed by atoms with van der Waals surface area (Å²) in [5, 5.41) is 3.05. The Morgan fingerprint density at radius 1 is 1.41 bits per heavy atom. The Labute approximate surface area is 114 Å². The van der Waals surface area contributed by atoms with Gasteiger partial charge in [0, 0.05) is 21.7 Å². The first-order chi connectivity index (χ1) is 7.72. The van der Waals surface area contributed by atoms with Crippen LogP contribution < -0.4 is 5.32 Å². The van der Waals surface area contributed by atoms with Gasteiger partial charge in [-0.15, -0.1) is 11.6 Å². The predicted molar refractivity (Wildman–Crippen MR) is 70.7 cm³/mol. The van der Waals surface area contributed by atoms with Crippen LogP contribution in [0.2, 0.25) is 5.02 Å². The zero-order valence-electron chi connectivity index (χ0n) is 8.80. The summed E-state index contributed by atoms with van der Waals surface area (Å²) in [5.41, 5.74) is 0.572. The molecule has 1 amide bonds. The van der Waals surface area contributed by atoms with E-state index in [0.717, 1.165) is 0 Å². The fourth-order valence-electron chi connectivity index (χ4n) is 0.920. The van der Waals surface area contributed by atoms with Crippen molar-refractivity contribution in [2.45, 2.75) is 0 Å². The number of hydrogen-bond acceptors (Lipinski definition) is 2. The lowest BCUT2D eigenvalue weighted by atomic mass is 10.3. The van der Waals surface area contributed by atoms with Crippen molar-refractivity contribution in [2.75, 3.05) is 17.8 Å². The summed E-state index contributed by atoms with van der Waals surface area (Å²) in [6.07, 6.45) is -0.578. The first kappa shape index (κ1) is 15.8. The van der Waals surface area contributed by atoms with Gasteiger partial charge in [0.05, 0.1) is 5.88 Å². The lowest BCUT2D eigenvalue weighted by Gasteiger charge is -2.04.